The molecule has 2 atom stereocenters. The lowest BCUT2D eigenvalue weighted by Gasteiger charge is -2.19. The van der Waals surface area contributed by atoms with Crippen LogP contribution in [0.15, 0.2) is 40.7 Å². The van der Waals surface area contributed by atoms with Crippen molar-refractivity contribution in [3.63, 3.8) is 0 Å². The molecule has 0 saturated heterocycles. The third-order valence-electron chi connectivity index (χ3n) is 5.48. The van der Waals surface area contributed by atoms with Gasteiger partial charge < -0.3 is 30.7 Å². The van der Waals surface area contributed by atoms with Crippen molar-refractivity contribution < 1.29 is 19.1 Å². The number of hydrogen-bond donors (Lipinski definition) is 4. The number of ketones is 1. The van der Waals surface area contributed by atoms with Crippen molar-refractivity contribution >= 4 is 46.5 Å². The standard InChI is InChI=1S/C26H33N11O4/c1-15(13-40-5)29-24-21(23(28-4)32-26(33-24)30-16(2)14-41-6)34-35-22-18(11-27)12-37(36-22)20-9-7-19(8-10-20)31-25(39)17(3)38/h7-10,12,15-16H,13-14H2,1-6H3,(H,31,39)(H3,28,29,30,32,33). The van der Waals surface area contributed by atoms with Crippen LogP contribution in [0.4, 0.5) is 34.8 Å². The fraction of sp³-hybridized carbons (Fsp3) is 0.385. The van der Waals surface area contributed by atoms with E-state index in [1.54, 1.807) is 45.5 Å². The molecule has 0 saturated carbocycles. The highest BCUT2D eigenvalue weighted by molar-refractivity contribution is 6.39. The van der Waals surface area contributed by atoms with E-state index in [9.17, 15) is 14.9 Å². The molecule has 1 aromatic carbocycles. The first-order valence-corrected chi connectivity index (χ1v) is 12.6. The van der Waals surface area contributed by atoms with Gasteiger partial charge in [-0.2, -0.15) is 15.2 Å². The number of carbonyl (C=O) groups is 2. The minimum absolute atomic E-state index is 0.0527. The average Bonchev–Trinajstić information content (AvgIpc) is 3.36. The first-order chi connectivity index (χ1) is 19.7. The van der Waals surface area contributed by atoms with Crippen LogP contribution in [0.25, 0.3) is 5.69 Å². The van der Waals surface area contributed by atoms with Gasteiger partial charge in [-0.1, -0.05) is 0 Å². The molecule has 0 aliphatic heterocycles. The lowest BCUT2D eigenvalue weighted by Crippen LogP contribution is -2.24. The van der Waals surface area contributed by atoms with Crippen molar-refractivity contribution in [2.45, 2.75) is 32.9 Å². The molecule has 2 heterocycles. The highest BCUT2D eigenvalue weighted by Crippen LogP contribution is 2.34. The normalized spacial score (nSPS) is 12.4. The first-order valence-electron chi connectivity index (χ1n) is 12.6. The number of methoxy groups -OCH3 is 2. The number of azo groups is 1. The van der Waals surface area contributed by atoms with E-state index in [0.29, 0.717) is 47.9 Å². The van der Waals surface area contributed by atoms with Crippen molar-refractivity contribution in [1.29, 1.82) is 5.26 Å². The Morgan fingerprint density at radius 3 is 2.24 bits per heavy atom. The van der Waals surface area contributed by atoms with Gasteiger partial charge in [-0.3, -0.25) is 9.59 Å². The molecule has 0 fully saturated rings. The Morgan fingerprint density at radius 2 is 1.66 bits per heavy atom. The van der Waals surface area contributed by atoms with Crippen molar-refractivity contribution in [2.24, 2.45) is 10.2 Å². The number of anilines is 4. The quantitative estimate of drug-likeness (QED) is 0.166. The number of rotatable bonds is 14. The average molecular weight is 564 g/mol. The summed E-state index contributed by atoms with van der Waals surface area (Å²) in [5, 5.41) is 34.7. The van der Waals surface area contributed by atoms with E-state index in [1.807, 2.05) is 13.8 Å². The molecule has 2 unspecified atom stereocenters. The Morgan fingerprint density at radius 1 is 1.02 bits per heavy atom. The molecule has 3 aromatic rings. The zero-order valence-corrected chi connectivity index (χ0v) is 23.7. The maximum Gasteiger partial charge on any atom is 0.291 e. The van der Waals surface area contributed by atoms with Gasteiger partial charge >= 0.3 is 0 Å². The van der Waals surface area contributed by atoms with E-state index in [-0.39, 0.29) is 23.5 Å². The number of benzene rings is 1. The number of aromatic nitrogens is 4. The minimum Gasteiger partial charge on any atom is -0.383 e. The number of amides is 1. The van der Waals surface area contributed by atoms with Crippen molar-refractivity contribution in [2.75, 3.05) is 55.7 Å². The first kappa shape index (κ1) is 30.6. The minimum atomic E-state index is -0.713. The Kier molecular flexibility index (Phi) is 10.8. The number of nitrogens with one attached hydrogen (secondary N) is 4. The Hall–Kier alpha value is -4.94. The van der Waals surface area contributed by atoms with E-state index in [4.69, 9.17) is 9.47 Å². The van der Waals surface area contributed by atoms with Crippen molar-refractivity contribution in [1.82, 2.24) is 19.7 Å². The number of ether oxygens (including phenoxy) is 2. The van der Waals surface area contributed by atoms with Crippen LogP contribution >= 0.6 is 0 Å². The fourth-order valence-corrected chi connectivity index (χ4v) is 3.59. The van der Waals surface area contributed by atoms with Crippen LogP contribution in [0.3, 0.4) is 0 Å². The molecular weight excluding hydrogens is 530 g/mol. The summed E-state index contributed by atoms with van der Waals surface area (Å²) in [6.07, 6.45) is 1.51. The fourth-order valence-electron chi connectivity index (χ4n) is 3.59. The second kappa shape index (κ2) is 14.4. The monoisotopic (exact) mass is 563 g/mol. The van der Waals surface area contributed by atoms with E-state index in [0.717, 1.165) is 0 Å². The lowest BCUT2D eigenvalue weighted by atomic mass is 10.2. The molecule has 15 heteroatoms. The van der Waals surface area contributed by atoms with Crippen LogP contribution in [0.2, 0.25) is 0 Å². The summed E-state index contributed by atoms with van der Waals surface area (Å²) < 4.78 is 11.9. The molecule has 2 aromatic heterocycles. The predicted octanol–water partition coefficient (Wildman–Crippen LogP) is 3.41. The van der Waals surface area contributed by atoms with E-state index >= 15 is 0 Å². The molecule has 4 N–H and O–H groups in total. The molecule has 41 heavy (non-hydrogen) atoms. The molecule has 216 valence electrons. The van der Waals surface area contributed by atoms with Crippen molar-refractivity contribution in [3.05, 3.63) is 36.0 Å². The maximum atomic E-state index is 11.6. The summed E-state index contributed by atoms with van der Waals surface area (Å²) in [7, 11) is 4.92. The molecule has 0 radical (unpaired) electrons. The molecule has 0 aliphatic rings. The molecular formula is C26H33N11O4. The highest BCUT2D eigenvalue weighted by atomic mass is 16.5. The zero-order valence-electron chi connectivity index (χ0n) is 23.7. The topological polar surface area (TPSA) is 193 Å². The van der Waals surface area contributed by atoms with Gasteiger partial charge in [0.1, 0.15) is 11.6 Å². The summed E-state index contributed by atoms with van der Waals surface area (Å²) in [5.41, 5.74) is 1.53. The zero-order chi connectivity index (χ0) is 29.9. The van der Waals surface area contributed by atoms with Crippen LogP contribution < -0.4 is 21.3 Å². The van der Waals surface area contributed by atoms with Gasteiger partial charge in [0, 0.05) is 46.0 Å². The lowest BCUT2D eigenvalue weighted by molar-refractivity contribution is -0.133. The van der Waals surface area contributed by atoms with Crippen LogP contribution in [-0.2, 0) is 19.1 Å². The van der Waals surface area contributed by atoms with Crippen molar-refractivity contribution in [3.8, 4) is 11.8 Å². The number of hydrogen-bond acceptors (Lipinski definition) is 13. The van der Waals surface area contributed by atoms with Gasteiger partial charge in [-0.15, -0.1) is 15.3 Å². The van der Waals surface area contributed by atoms with Gasteiger partial charge in [-0.05, 0) is 38.1 Å². The third-order valence-corrected chi connectivity index (χ3v) is 5.48. The second-order valence-electron chi connectivity index (χ2n) is 9.02. The smallest absolute Gasteiger partial charge is 0.291 e. The molecule has 3 rings (SSSR count). The highest BCUT2D eigenvalue weighted by Gasteiger charge is 2.18. The van der Waals surface area contributed by atoms with E-state index in [1.165, 1.54) is 17.8 Å². The van der Waals surface area contributed by atoms with Crippen LogP contribution in [0.5, 0.6) is 0 Å². The van der Waals surface area contributed by atoms with E-state index < -0.39 is 11.7 Å². The Labute approximate surface area is 237 Å². The van der Waals surface area contributed by atoms with Gasteiger partial charge in [0.05, 0.1) is 25.1 Å². The maximum absolute atomic E-state index is 11.6. The second-order valence-corrected chi connectivity index (χ2v) is 9.02. The molecule has 0 aliphatic carbocycles. The molecule has 0 spiro atoms. The van der Waals surface area contributed by atoms with Gasteiger partial charge in [0.25, 0.3) is 5.91 Å². The summed E-state index contributed by atoms with van der Waals surface area (Å²) in [4.78, 5) is 31.9. The van der Waals surface area contributed by atoms with Crippen LogP contribution in [0.1, 0.15) is 26.3 Å². The third kappa shape index (κ3) is 8.27. The number of Topliss-reactive ketones (excluding diaryl/α,β-unsaturated/α-hetero) is 1. The number of nitriles is 1. The predicted molar refractivity (Wildman–Crippen MR) is 153 cm³/mol. The van der Waals surface area contributed by atoms with Crippen LogP contribution in [-0.4, -0.2) is 78.0 Å². The van der Waals surface area contributed by atoms with Crippen LogP contribution in [0, 0.1) is 11.3 Å². The number of nitrogens with zero attached hydrogens (tertiary/aromatic N) is 7. The summed E-state index contributed by atoms with van der Waals surface area (Å²) in [6, 6.07) is 8.48. The Balaban J connectivity index is 1.95. The molecule has 1 amide bonds. The summed E-state index contributed by atoms with van der Waals surface area (Å²) in [6.45, 7) is 5.93. The summed E-state index contributed by atoms with van der Waals surface area (Å²) in [5.74, 6) is -0.0880. The SMILES string of the molecule is CNc1nc(NC(C)COC)nc(NC(C)COC)c1N=Nc1nn(-c2ccc(NC(=O)C(C)=O)cc2)cc1C#N. The molecule has 0 bridgehead atoms. The Bertz CT molecular complexity index is 1430. The number of carbonyl (C=O) groups excluding carboxylic acids is 2. The molecule has 15 nitrogen and oxygen atoms in total. The largest absolute Gasteiger partial charge is 0.383 e. The summed E-state index contributed by atoms with van der Waals surface area (Å²) >= 11 is 0. The van der Waals surface area contributed by atoms with Gasteiger partial charge in [0.15, 0.2) is 17.3 Å². The van der Waals surface area contributed by atoms with Gasteiger partial charge in [-0.25, -0.2) is 4.68 Å². The van der Waals surface area contributed by atoms with E-state index in [2.05, 4.69) is 52.6 Å². The van der Waals surface area contributed by atoms with Gasteiger partial charge in [0.2, 0.25) is 17.5 Å².